The van der Waals surface area contributed by atoms with Gasteiger partial charge in [0.05, 0.1) is 85.1 Å². The number of ketones is 1. The number of aliphatic hydroxyl groups excluding tert-OH is 1. The van der Waals surface area contributed by atoms with E-state index in [0.29, 0.717) is 48.6 Å². The number of likely N-dealkylation sites (tertiary alicyclic amines) is 1. The van der Waals surface area contributed by atoms with Gasteiger partial charge in [0.2, 0.25) is 11.8 Å². The molecule has 5 atom stereocenters. The van der Waals surface area contributed by atoms with E-state index in [1.165, 1.54) is 17.0 Å². The highest BCUT2D eigenvalue weighted by molar-refractivity contribution is 7.13. The van der Waals surface area contributed by atoms with E-state index in [0.717, 1.165) is 44.2 Å². The number of nitrogens with zero attached hydrogens (tertiary/aromatic N) is 3. The van der Waals surface area contributed by atoms with Crippen molar-refractivity contribution in [2.75, 3.05) is 58.1 Å². The lowest BCUT2D eigenvalue weighted by Gasteiger charge is -2.41. The average Bonchev–Trinajstić information content (AvgIpc) is 1.59. The molecule has 490 valence electrons. The average molecular weight is 1270 g/mol. The van der Waals surface area contributed by atoms with Crippen LogP contribution in [0.25, 0.3) is 32.8 Å². The molecule has 0 spiro atoms. The van der Waals surface area contributed by atoms with Crippen molar-refractivity contribution < 1.29 is 66.6 Å². The molecular weight excluding hydrogens is 1180 g/mol. The molecule has 2 aliphatic rings. The van der Waals surface area contributed by atoms with Gasteiger partial charge in [-0.05, 0) is 130 Å². The zero-order valence-corrected chi connectivity index (χ0v) is 55.3. The van der Waals surface area contributed by atoms with Crippen LogP contribution in [-0.2, 0) is 60.7 Å². The third kappa shape index (κ3) is 19.7. The number of halogens is 1. The Labute approximate surface area is 538 Å². The molecule has 3 amide bonds. The van der Waals surface area contributed by atoms with Crippen LogP contribution < -0.4 is 15.4 Å². The van der Waals surface area contributed by atoms with Crippen molar-refractivity contribution >= 4 is 46.5 Å². The van der Waals surface area contributed by atoms with Crippen molar-refractivity contribution in [2.45, 2.75) is 163 Å². The lowest BCUT2D eigenvalue weighted by atomic mass is 9.77. The van der Waals surface area contributed by atoms with Gasteiger partial charge in [-0.2, -0.15) is 0 Å². The Balaban J connectivity index is 0.787. The second kappa shape index (κ2) is 31.4. The van der Waals surface area contributed by atoms with Gasteiger partial charge in [0.25, 0.3) is 5.91 Å². The van der Waals surface area contributed by atoms with Crippen molar-refractivity contribution in [1.29, 1.82) is 0 Å². The minimum Gasteiger partial charge on any atom is -0.491 e. The van der Waals surface area contributed by atoms with E-state index in [9.17, 15) is 33.5 Å². The van der Waals surface area contributed by atoms with Crippen molar-refractivity contribution in [2.24, 2.45) is 11.3 Å². The molecule has 8 rings (SSSR count). The molecule has 0 aliphatic carbocycles. The zero-order valence-electron chi connectivity index (χ0n) is 54.4. The predicted molar refractivity (Wildman–Crippen MR) is 348 cm³/mol. The molecule has 4 heterocycles. The number of carbonyl (C=O) groups excluding carboxylic acids is 5. The van der Waals surface area contributed by atoms with E-state index in [1.807, 2.05) is 122 Å². The van der Waals surface area contributed by atoms with Gasteiger partial charge in [-0.25, -0.2) is 9.37 Å². The first-order valence-corrected chi connectivity index (χ1v) is 32.3. The van der Waals surface area contributed by atoms with Crippen molar-refractivity contribution in [3.63, 3.8) is 0 Å². The fraction of sp³-hybridized carbons (Fsp3) is 0.493. The molecule has 20 heteroatoms. The van der Waals surface area contributed by atoms with E-state index >= 15 is 0 Å². The summed E-state index contributed by atoms with van der Waals surface area (Å²) in [5.41, 5.74) is 8.32. The number of benzene rings is 4. The quantitative estimate of drug-likeness (QED) is 0.0294. The number of aliphatic hydroxyl groups is 1. The Kier molecular flexibility index (Phi) is 24.1. The van der Waals surface area contributed by atoms with Gasteiger partial charge in [-0.3, -0.25) is 24.0 Å². The fourth-order valence-corrected chi connectivity index (χ4v) is 12.6. The van der Waals surface area contributed by atoms with E-state index in [2.05, 4.69) is 34.0 Å². The lowest BCUT2D eigenvalue weighted by molar-refractivity contribution is -0.301. The number of ether oxygens (including phenoxy) is 7. The van der Waals surface area contributed by atoms with Gasteiger partial charge in [0.15, 0.2) is 11.6 Å². The molecule has 18 nitrogen and oxygen atoms in total. The summed E-state index contributed by atoms with van der Waals surface area (Å²) in [7, 11) is 0. The van der Waals surface area contributed by atoms with E-state index in [4.69, 9.17) is 33.2 Å². The molecule has 4 aromatic carbocycles. The number of carbonyl (C=O) groups is 5. The standard InChI is InChI=1S/C71H90FN5O13S/c1-45(2)63-62(61(48-15-13-12-14-16-48)64(49-21-23-51(72)24-22-49)76(63)30-29-56-39-57(89-71(10,11)88-56)40-60(80)90-70(7,8)9)67(82)75-52-25-27-55(28-26-52)87-36-35-85-32-31-84-33-34-86-43-54(79)37-58(69(4,5)6)68(83)77-42-53(78)38-59(77)66(81)73-41-47-17-19-50(20-18-47)65-46(3)74-44-91-65/h12-28,44-45,53,56-59,78H,29-43H2,1-11H3,(H,73,81)(H,75,82)/t53-,56-,57-,58-,59+/m1/s1. The van der Waals surface area contributed by atoms with Gasteiger partial charge >= 0.3 is 5.97 Å². The topological polar surface area (TPSA) is 215 Å². The fourth-order valence-electron chi connectivity index (χ4n) is 11.7. The highest BCUT2D eigenvalue weighted by Crippen LogP contribution is 2.44. The summed E-state index contributed by atoms with van der Waals surface area (Å²) in [6.45, 7) is 22.9. The highest BCUT2D eigenvalue weighted by atomic mass is 32.1. The summed E-state index contributed by atoms with van der Waals surface area (Å²) in [5.74, 6) is -3.29. The first-order valence-electron chi connectivity index (χ1n) is 31.4. The summed E-state index contributed by atoms with van der Waals surface area (Å²) < 4.78 is 58.1. The van der Waals surface area contributed by atoms with Crippen LogP contribution in [-0.4, -0.2) is 138 Å². The smallest absolute Gasteiger partial charge is 0.308 e. The first-order chi connectivity index (χ1) is 43.2. The number of aryl methyl sites for hydroxylation is 1. The second-order valence-corrected chi connectivity index (χ2v) is 27.1. The van der Waals surface area contributed by atoms with Crippen LogP contribution in [0.2, 0.25) is 0 Å². The normalized spacial score (nSPS) is 17.8. The molecular formula is C71H90FN5O13S. The summed E-state index contributed by atoms with van der Waals surface area (Å²) >= 11 is 1.57. The SMILES string of the molecule is Cc1ncsc1-c1ccc(CNC(=O)[C@@H]2C[C@@H](O)CN2C(=O)[C@@H](CC(=O)COCCOCCOCCOc2ccc(NC(=O)c3c(-c4ccccc4)c(-c4ccc(F)cc4)n(CC[C@@H]4C[C@H](CC(=O)OC(C)(C)C)OC(C)(C)O4)c3C(C)C)cc2)C(C)(C)C)cc1. The Morgan fingerprint density at radius 1 is 0.791 bits per heavy atom. The second-order valence-electron chi connectivity index (χ2n) is 26.2. The number of nitrogens with one attached hydrogen (secondary N) is 2. The summed E-state index contributed by atoms with van der Waals surface area (Å²) in [5, 5.41) is 16.7. The molecule has 0 radical (unpaired) electrons. The molecule has 2 fully saturated rings. The van der Waals surface area contributed by atoms with Gasteiger partial charge in [-0.1, -0.05) is 89.2 Å². The van der Waals surface area contributed by atoms with Crippen molar-refractivity contribution in [3.8, 4) is 38.6 Å². The molecule has 3 N–H and O–H groups in total. The van der Waals surface area contributed by atoms with Crippen LogP contribution in [0.4, 0.5) is 10.1 Å². The molecule has 6 aromatic rings. The zero-order chi connectivity index (χ0) is 65.6. The summed E-state index contributed by atoms with van der Waals surface area (Å²) in [4.78, 5) is 75.6. The number of amides is 3. The third-order valence-corrected chi connectivity index (χ3v) is 16.8. The number of aromatic nitrogens is 2. The molecule has 0 unspecified atom stereocenters. The largest absolute Gasteiger partial charge is 0.491 e. The Hall–Kier alpha value is -7.17. The van der Waals surface area contributed by atoms with E-state index in [-0.39, 0.29) is 119 Å². The molecule has 2 saturated heterocycles. The van der Waals surface area contributed by atoms with E-state index in [1.54, 1.807) is 47.7 Å². The number of β-amino-alcohol motifs (C(OH)–C–C–N with tert-alkyl or cyclic N) is 1. The minimum atomic E-state index is -0.966. The van der Waals surface area contributed by atoms with Gasteiger partial charge in [-0.15, -0.1) is 11.3 Å². The molecule has 0 saturated carbocycles. The number of Topliss-reactive ketones (excluding diaryl/α,β-unsaturated/α-hetero) is 1. The van der Waals surface area contributed by atoms with Gasteiger partial charge < -0.3 is 58.4 Å². The van der Waals surface area contributed by atoms with Crippen LogP contribution in [0.5, 0.6) is 5.75 Å². The number of hydrogen-bond donors (Lipinski definition) is 3. The lowest BCUT2D eigenvalue weighted by Crippen LogP contribution is -2.50. The van der Waals surface area contributed by atoms with Crippen LogP contribution in [0, 0.1) is 24.1 Å². The molecule has 2 aromatic heterocycles. The maximum absolute atomic E-state index is 15.0. The van der Waals surface area contributed by atoms with Crippen LogP contribution in [0.1, 0.15) is 135 Å². The number of esters is 1. The maximum atomic E-state index is 15.0. The third-order valence-electron chi connectivity index (χ3n) is 15.9. The minimum absolute atomic E-state index is 0.000520. The summed E-state index contributed by atoms with van der Waals surface area (Å²) in [6, 6.07) is 30.2. The Morgan fingerprint density at radius 2 is 1.43 bits per heavy atom. The van der Waals surface area contributed by atoms with Gasteiger partial charge in [0, 0.05) is 61.8 Å². The number of anilines is 1. The van der Waals surface area contributed by atoms with E-state index < -0.39 is 41.0 Å². The molecule has 91 heavy (non-hydrogen) atoms. The van der Waals surface area contributed by atoms with Crippen LogP contribution in [0.15, 0.2) is 109 Å². The first kappa shape index (κ1) is 69.7. The van der Waals surface area contributed by atoms with Crippen molar-refractivity contribution in [3.05, 3.63) is 137 Å². The van der Waals surface area contributed by atoms with Crippen molar-refractivity contribution in [1.82, 2.24) is 19.8 Å². The Morgan fingerprint density at radius 3 is 2.05 bits per heavy atom. The maximum Gasteiger partial charge on any atom is 0.308 e. The summed E-state index contributed by atoms with van der Waals surface area (Å²) in [6.07, 6.45) is -0.520. The molecule has 2 aliphatic heterocycles. The van der Waals surface area contributed by atoms with Crippen LogP contribution in [0.3, 0.4) is 0 Å². The van der Waals surface area contributed by atoms with Gasteiger partial charge in [0.1, 0.15) is 36.4 Å². The number of thiazole rings is 1. The van der Waals surface area contributed by atoms with Crippen LogP contribution >= 0.6 is 11.3 Å². The highest BCUT2D eigenvalue weighted by Gasteiger charge is 2.45. The molecule has 0 bridgehead atoms. The predicted octanol–water partition coefficient (Wildman–Crippen LogP) is 12.1. The Bertz CT molecular complexity index is 3390. The number of rotatable bonds is 29. The monoisotopic (exact) mass is 1270 g/mol. The number of hydrogen-bond acceptors (Lipinski definition) is 15.